The molecule has 142 valence electrons. The number of nitrogens with one attached hydrogen (secondary N) is 1. The Balaban J connectivity index is 2.04. The van der Waals surface area contributed by atoms with Gasteiger partial charge in [-0.1, -0.05) is 55.0 Å². The molecule has 0 saturated heterocycles. The molecule has 0 aliphatic heterocycles. The van der Waals surface area contributed by atoms with E-state index in [1.165, 1.54) is 27.6 Å². The third kappa shape index (κ3) is 4.24. The zero-order chi connectivity index (χ0) is 19.4. The van der Waals surface area contributed by atoms with Crippen LogP contribution in [-0.4, -0.2) is 16.5 Å². The van der Waals surface area contributed by atoms with Gasteiger partial charge in [0.05, 0.1) is 0 Å². The Hall–Kier alpha value is -2.55. The first kappa shape index (κ1) is 19.2. The molecular weight excluding hydrogens is 332 g/mol. The van der Waals surface area contributed by atoms with Gasteiger partial charge in [0.2, 0.25) is 5.91 Å². The van der Waals surface area contributed by atoms with E-state index < -0.39 is 0 Å². The van der Waals surface area contributed by atoms with Gasteiger partial charge in [-0.25, -0.2) is 0 Å². The summed E-state index contributed by atoms with van der Waals surface area (Å²) in [5.41, 5.74) is 4.89. The van der Waals surface area contributed by atoms with Crippen LogP contribution in [-0.2, 0) is 11.3 Å². The van der Waals surface area contributed by atoms with E-state index in [1.54, 1.807) is 0 Å². The number of benzene rings is 2. The van der Waals surface area contributed by atoms with Crippen LogP contribution in [0.3, 0.4) is 0 Å². The first-order valence-corrected chi connectivity index (χ1v) is 9.97. The highest BCUT2D eigenvalue weighted by Crippen LogP contribution is 2.35. The van der Waals surface area contributed by atoms with Gasteiger partial charge in [-0.15, -0.1) is 0 Å². The second-order valence-corrected chi connectivity index (χ2v) is 7.43. The average molecular weight is 363 g/mol. The molecule has 27 heavy (non-hydrogen) atoms. The number of fused-ring (bicyclic) bond motifs is 1. The zero-order valence-electron chi connectivity index (χ0n) is 16.8. The van der Waals surface area contributed by atoms with E-state index in [2.05, 4.69) is 92.3 Å². The molecule has 0 spiro atoms. The fraction of sp³-hybridized carbons (Fsp3) is 0.375. The quantitative estimate of drug-likeness (QED) is 0.599. The lowest BCUT2D eigenvalue weighted by Gasteiger charge is -2.19. The van der Waals surface area contributed by atoms with E-state index in [-0.39, 0.29) is 17.9 Å². The van der Waals surface area contributed by atoms with Crippen LogP contribution in [0.1, 0.15) is 56.2 Å². The van der Waals surface area contributed by atoms with Gasteiger partial charge in [0.15, 0.2) is 0 Å². The van der Waals surface area contributed by atoms with Crippen LogP contribution in [0.15, 0.2) is 54.7 Å². The highest BCUT2D eigenvalue weighted by Gasteiger charge is 2.23. The third-order valence-electron chi connectivity index (χ3n) is 5.42. The molecule has 3 rings (SSSR count). The Labute approximate surface area is 162 Å². The minimum Gasteiger partial charge on any atom is -0.354 e. The fourth-order valence-electron chi connectivity index (χ4n) is 3.64. The van der Waals surface area contributed by atoms with Crippen molar-refractivity contribution < 1.29 is 4.79 Å². The number of hydrogen-bond donors (Lipinski definition) is 1. The number of nitrogens with zero attached hydrogens (tertiary/aromatic N) is 1. The first-order valence-electron chi connectivity index (χ1n) is 9.97. The molecule has 3 nitrogen and oxygen atoms in total. The minimum absolute atomic E-state index is 0.0485. The molecule has 0 aliphatic carbocycles. The number of aromatic nitrogens is 1. The molecule has 0 radical (unpaired) electrons. The maximum absolute atomic E-state index is 12.7. The summed E-state index contributed by atoms with van der Waals surface area (Å²) in [6, 6.07) is 17.3. The van der Waals surface area contributed by atoms with Crippen molar-refractivity contribution in [2.24, 2.45) is 0 Å². The highest BCUT2D eigenvalue weighted by molar-refractivity contribution is 5.86. The summed E-state index contributed by atoms with van der Waals surface area (Å²) >= 11 is 0. The first-order chi connectivity index (χ1) is 13.0. The van der Waals surface area contributed by atoms with Gasteiger partial charge < -0.3 is 9.88 Å². The molecule has 3 aromatic rings. The van der Waals surface area contributed by atoms with E-state index in [0.717, 1.165) is 13.0 Å². The van der Waals surface area contributed by atoms with E-state index in [9.17, 15) is 4.79 Å². The molecule has 1 aromatic heterocycles. The SMILES string of the molecule is CC[C@@H](C)NC(=O)C[C@H](c1ccc(C)cc1)c1cn(CC)c2ccccc12. The topological polar surface area (TPSA) is 34.0 Å². The number of carbonyl (C=O) groups excluding carboxylic acids is 1. The molecule has 0 bridgehead atoms. The van der Waals surface area contributed by atoms with Crippen molar-refractivity contribution in [2.45, 2.75) is 59.0 Å². The summed E-state index contributed by atoms with van der Waals surface area (Å²) in [7, 11) is 0. The summed E-state index contributed by atoms with van der Waals surface area (Å²) < 4.78 is 2.28. The van der Waals surface area contributed by atoms with Crippen LogP contribution in [0.2, 0.25) is 0 Å². The lowest BCUT2D eigenvalue weighted by atomic mass is 9.87. The van der Waals surface area contributed by atoms with Crippen molar-refractivity contribution in [3.63, 3.8) is 0 Å². The third-order valence-corrected chi connectivity index (χ3v) is 5.42. The Morgan fingerprint density at radius 2 is 1.78 bits per heavy atom. The van der Waals surface area contributed by atoms with Crippen LogP contribution in [0.5, 0.6) is 0 Å². The summed E-state index contributed by atoms with van der Waals surface area (Å²) in [5.74, 6) is 0.163. The van der Waals surface area contributed by atoms with Crippen molar-refractivity contribution in [3.8, 4) is 0 Å². The van der Waals surface area contributed by atoms with E-state index in [4.69, 9.17) is 0 Å². The number of rotatable bonds is 7. The standard InChI is InChI=1S/C24H30N2O/c1-5-18(4)25-24(27)15-21(19-13-11-17(3)12-14-19)22-16-26(6-2)23-10-8-7-9-20(22)23/h7-14,16,18,21H,5-6,15H2,1-4H3,(H,25,27)/t18-,21-/m1/s1. The van der Waals surface area contributed by atoms with Crippen molar-refractivity contribution in [1.82, 2.24) is 9.88 Å². The molecule has 1 heterocycles. The lowest BCUT2D eigenvalue weighted by Crippen LogP contribution is -2.33. The fourth-order valence-corrected chi connectivity index (χ4v) is 3.64. The smallest absolute Gasteiger partial charge is 0.221 e. The maximum atomic E-state index is 12.7. The molecule has 0 aliphatic rings. The second kappa shape index (κ2) is 8.43. The minimum atomic E-state index is 0.0485. The molecule has 3 heteroatoms. The Kier molecular flexibility index (Phi) is 6.00. The van der Waals surface area contributed by atoms with E-state index in [1.807, 2.05) is 0 Å². The largest absolute Gasteiger partial charge is 0.354 e. The van der Waals surface area contributed by atoms with Crippen LogP contribution < -0.4 is 5.32 Å². The monoisotopic (exact) mass is 362 g/mol. The Bertz CT molecular complexity index is 908. The summed E-state index contributed by atoms with van der Waals surface area (Å²) in [4.78, 5) is 12.7. The summed E-state index contributed by atoms with van der Waals surface area (Å²) in [6.45, 7) is 9.32. The van der Waals surface area contributed by atoms with Gasteiger partial charge >= 0.3 is 0 Å². The van der Waals surface area contributed by atoms with Gasteiger partial charge in [-0.2, -0.15) is 0 Å². The second-order valence-electron chi connectivity index (χ2n) is 7.43. The molecule has 1 N–H and O–H groups in total. The predicted molar refractivity (Wildman–Crippen MR) is 113 cm³/mol. The molecular formula is C24H30N2O. The molecule has 0 unspecified atom stereocenters. The number of para-hydroxylation sites is 1. The molecule has 0 fully saturated rings. The van der Waals surface area contributed by atoms with E-state index >= 15 is 0 Å². The van der Waals surface area contributed by atoms with Gasteiger partial charge in [0.25, 0.3) is 0 Å². The Morgan fingerprint density at radius 1 is 1.07 bits per heavy atom. The molecule has 0 saturated carbocycles. The predicted octanol–water partition coefficient (Wildman–Crippen LogP) is 5.41. The van der Waals surface area contributed by atoms with Gasteiger partial charge in [-0.05, 0) is 44.4 Å². The Morgan fingerprint density at radius 3 is 2.44 bits per heavy atom. The number of amides is 1. The number of aryl methyl sites for hydroxylation is 2. The van der Waals surface area contributed by atoms with Crippen LogP contribution in [0.4, 0.5) is 0 Å². The van der Waals surface area contributed by atoms with Crippen LogP contribution >= 0.6 is 0 Å². The van der Waals surface area contributed by atoms with Gasteiger partial charge in [0, 0.05) is 42.0 Å². The van der Waals surface area contributed by atoms with Crippen molar-refractivity contribution in [3.05, 3.63) is 71.4 Å². The lowest BCUT2D eigenvalue weighted by molar-refractivity contribution is -0.121. The molecule has 2 aromatic carbocycles. The van der Waals surface area contributed by atoms with Gasteiger partial charge in [-0.3, -0.25) is 4.79 Å². The van der Waals surface area contributed by atoms with Crippen LogP contribution in [0.25, 0.3) is 10.9 Å². The van der Waals surface area contributed by atoms with Crippen LogP contribution in [0, 0.1) is 6.92 Å². The summed E-state index contributed by atoms with van der Waals surface area (Å²) in [5, 5.41) is 4.37. The van der Waals surface area contributed by atoms with Gasteiger partial charge in [0.1, 0.15) is 0 Å². The molecule has 1 amide bonds. The average Bonchev–Trinajstić information content (AvgIpc) is 3.05. The zero-order valence-corrected chi connectivity index (χ0v) is 16.8. The molecule has 2 atom stereocenters. The number of carbonyl (C=O) groups is 1. The summed E-state index contributed by atoms with van der Waals surface area (Å²) in [6.07, 6.45) is 3.63. The van der Waals surface area contributed by atoms with Crippen molar-refractivity contribution in [2.75, 3.05) is 0 Å². The maximum Gasteiger partial charge on any atom is 0.221 e. The number of hydrogen-bond acceptors (Lipinski definition) is 1. The van der Waals surface area contributed by atoms with Crippen molar-refractivity contribution >= 4 is 16.8 Å². The normalized spacial score (nSPS) is 13.5. The van der Waals surface area contributed by atoms with E-state index in [0.29, 0.717) is 6.42 Å². The van der Waals surface area contributed by atoms with Crippen molar-refractivity contribution in [1.29, 1.82) is 0 Å². The highest BCUT2D eigenvalue weighted by atomic mass is 16.1.